The van der Waals surface area contributed by atoms with Gasteiger partial charge in [-0.05, 0) is 38.7 Å². The third-order valence-corrected chi connectivity index (χ3v) is 6.75. The lowest BCUT2D eigenvalue weighted by Crippen LogP contribution is -2.35. The number of carbonyl (C=O) groups is 1. The summed E-state index contributed by atoms with van der Waals surface area (Å²) in [5.74, 6) is 2.02. The molecule has 4 rings (SSSR count). The molecule has 1 aliphatic carbocycles. The average molecular weight is 419 g/mol. The number of furan rings is 1. The van der Waals surface area contributed by atoms with Gasteiger partial charge in [0.15, 0.2) is 11.0 Å². The van der Waals surface area contributed by atoms with Crippen molar-refractivity contribution < 1.29 is 13.9 Å². The van der Waals surface area contributed by atoms with Gasteiger partial charge in [0.1, 0.15) is 5.76 Å². The number of aryl methyl sites for hydroxylation is 1. The first kappa shape index (κ1) is 20.5. The van der Waals surface area contributed by atoms with Crippen LogP contribution in [0.15, 0.2) is 21.9 Å². The molecular formula is C21H30N4O3S. The van der Waals surface area contributed by atoms with Gasteiger partial charge >= 0.3 is 0 Å². The Labute approximate surface area is 176 Å². The highest BCUT2D eigenvalue weighted by Gasteiger charge is 2.24. The van der Waals surface area contributed by atoms with Gasteiger partial charge in [0, 0.05) is 12.6 Å². The van der Waals surface area contributed by atoms with Crippen molar-refractivity contribution in [2.75, 3.05) is 12.4 Å². The zero-order valence-corrected chi connectivity index (χ0v) is 17.9. The minimum absolute atomic E-state index is 0.0783. The first-order chi connectivity index (χ1) is 14.2. The maximum atomic E-state index is 12.5. The molecule has 1 amide bonds. The van der Waals surface area contributed by atoms with E-state index < -0.39 is 0 Å². The molecule has 1 aliphatic heterocycles. The van der Waals surface area contributed by atoms with E-state index in [-0.39, 0.29) is 12.0 Å². The van der Waals surface area contributed by atoms with Crippen molar-refractivity contribution >= 4 is 17.7 Å². The van der Waals surface area contributed by atoms with Crippen molar-refractivity contribution in [3.8, 4) is 11.4 Å². The number of nitrogens with one attached hydrogen (secondary N) is 1. The van der Waals surface area contributed by atoms with Crippen LogP contribution in [0.25, 0.3) is 11.4 Å². The predicted molar refractivity (Wildman–Crippen MR) is 112 cm³/mol. The van der Waals surface area contributed by atoms with E-state index in [4.69, 9.17) is 9.15 Å². The molecule has 8 heteroatoms. The molecule has 0 bridgehead atoms. The summed E-state index contributed by atoms with van der Waals surface area (Å²) in [5, 5.41) is 12.8. The Kier molecular flexibility index (Phi) is 6.92. The van der Waals surface area contributed by atoms with Crippen LogP contribution in [0.3, 0.4) is 0 Å². The first-order valence-corrected chi connectivity index (χ1v) is 11.7. The van der Waals surface area contributed by atoms with Gasteiger partial charge in [0.25, 0.3) is 0 Å². The lowest BCUT2D eigenvalue weighted by atomic mass is 10.1. The summed E-state index contributed by atoms with van der Waals surface area (Å²) in [7, 11) is 0. The molecule has 0 spiro atoms. The molecule has 1 N–H and O–H groups in total. The topological polar surface area (TPSA) is 82.2 Å². The molecular weight excluding hydrogens is 388 g/mol. The van der Waals surface area contributed by atoms with E-state index in [2.05, 4.69) is 20.1 Å². The number of nitrogens with zero attached hydrogens (tertiary/aromatic N) is 3. The fourth-order valence-corrected chi connectivity index (χ4v) is 4.95. The van der Waals surface area contributed by atoms with Crippen LogP contribution in [0.2, 0.25) is 0 Å². The lowest BCUT2D eigenvalue weighted by Gasteiger charge is -2.16. The van der Waals surface area contributed by atoms with E-state index in [1.54, 1.807) is 6.26 Å². The van der Waals surface area contributed by atoms with E-state index >= 15 is 0 Å². The average Bonchev–Trinajstić information content (AvgIpc) is 3.41. The van der Waals surface area contributed by atoms with Crippen LogP contribution in [0, 0.1) is 6.92 Å². The molecule has 29 heavy (non-hydrogen) atoms. The number of hydrogen-bond acceptors (Lipinski definition) is 6. The smallest absolute Gasteiger partial charge is 0.230 e. The first-order valence-electron chi connectivity index (χ1n) is 10.7. The molecule has 158 valence electrons. The highest BCUT2D eigenvalue weighted by Crippen LogP contribution is 2.29. The Balaban J connectivity index is 1.44. The molecule has 0 aromatic carbocycles. The van der Waals surface area contributed by atoms with Crippen LogP contribution >= 0.6 is 11.8 Å². The van der Waals surface area contributed by atoms with Gasteiger partial charge in [0.05, 0.1) is 30.2 Å². The van der Waals surface area contributed by atoms with E-state index in [0.717, 1.165) is 54.6 Å². The second-order valence-corrected chi connectivity index (χ2v) is 8.93. The fourth-order valence-electron chi connectivity index (χ4n) is 4.19. The third-order valence-electron chi connectivity index (χ3n) is 5.78. The highest BCUT2D eigenvalue weighted by molar-refractivity contribution is 7.99. The summed E-state index contributed by atoms with van der Waals surface area (Å²) >= 11 is 1.45. The summed E-state index contributed by atoms with van der Waals surface area (Å²) in [6, 6.07) is 2.23. The van der Waals surface area contributed by atoms with Gasteiger partial charge in [-0.25, -0.2) is 0 Å². The predicted octanol–water partition coefficient (Wildman–Crippen LogP) is 3.96. The van der Waals surface area contributed by atoms with Gasteiger partial charge in [-0.1, -0.05) is 37.4 Å². The maximum Gasteiger partial charge on any atom is 0.230 e. The Morgan fingerprint density at radius 3 is 2.72 bits per heavy atom. The monoisotopic (exact) mass is 418 g/mol. The van der Waals surface area contributed by atoms with Crippen molar-refractivity contribution in [1.82, 2.24) is 20.1 Å². The SMILES string of the molecule is Cc1occc1-c1nnc(SCC(=O)NC2CCCCCC2)n1CC1CCCO1. The van der Waals surface area contributed by atoms with E-state index in [1.165, 1.54) is 37.4 Å². The summed E-state index contributed by atoms with van der Waals surface area (Å²) < 4.78 is 13.4. The minimum atomic E-state index is 0.0783. The maximum absolute atomic E-state index is 12.5. The molecule has 1 unspecified atom stereocenters. The molecule has 2 fully saturated rings. The number of ether oxygens (including phenoxy) is 1. The van der Waals surface area contributed by atoms with Gasteiger partial charge in [-0.3, -0.25) is 9.36 Å². The Morgan fingerprint density at radius 1 is 1.21 bits per heavy atom. The van der Waals surface area contributed by atoms with Gasteiger partial charge in [-0.15, -0.1) is 10.2 Å². The largest absolute Gasteiger partial charge is 0.469 e. The van der Waals surface area contributed by atoms with Crippen LogP contribution < -0.4 is 5.32 Å². The molecule has 3 heterocycles. The Hall–Kier alpha value is -1.80. The van der Waals surface area contributed by atoms with Crippen molar-refractivity contribution in [1.29, 1.82) is 0 Å². The summed E-state index contributed by atoms with van der Waals surface area (Å²) in [5.41, 5.74) is 0.935. The standard InChI is InChI=1S/C21H30N4O3S/c1-15-18(10-12-27-15)20-23-24-21(25(20)13-17-9-6-11-28-17)29-14-19(26)22-16-7-4-2-3-5-8-16/h10,12,16-17H,2-9,11,13-14H2,1H3,(H,22,26). The lowest BCUT2D eigenvalue weighted by molar-refractivity contribution is -0.119. The quantitative estimate of drug-likeness (QED) is 0.541. The Bertz CT molecular complexity index is 805. The normalized spacial score (nSPS) is 20.7. The van der Waals surface area contributed by atoms with Crippen LogP contribution in [0.4, 0.5) is 0 Å². The van der Waals surface area contributed by atoms with Crippen molar-refractivity contribution in [2.45, 2.75) is 82.1 Å². The molecule has 2 aromatic heterocycles. The number of aromatic nitrogens is 3. The fraction of sp³-hybridized carbons (Fsp3) is 0.667. The zero-order chi connectivity index (χ0) is 20.1. The summed E-state index contributed by atoms with van der Waals surface area (Å²) in [6.45, 7) is 3.42. The second-order valence-electron chi connectivity index (χ2n) is 7.99. The summed E-state index contributed by atoms with van der Waals surface area (Å²) in [4.78, 5) is 12.5. The summed E-state index contributed by atoms with van der Waals surface area (Å²) in [6.07, 6.45) is 11.1. The molecule has 1 atom stereocenters. The molecule has 2 aromatic rings. The van der Waals surface area contributed by atoms with Crippen molar-refractivity contribution in [3.63, 3.8) is 0 Å². The van der Waals surface area contributed by atoms with Gasteiger partial charge in [0.2, 0.25) is 5.91 Å². The molecule has 0 radical (unpaired) electrons. The van der Waals surface area contributed by atoms with Gasteiger partial charge < -0.3 is 14.5 Å². The number of carbonyl (C=O) groups excluding carboxylic acids is 1. The number of thioether (sulfide) groups is 1. The second kappa shape index (κ2) is 9.80. The van der Waals surface area contributed by atoms with E-state index in [0.29, 0.717) is 18.3 Å². The van der Waals surface area contributed by atoms with Gasteiger partial charge in [-0.2, -0.15) is 0 Å². The number of hydrogen-bond donors (Lipinski definition) is 1. The third kappa shape index (κ3) is 5.22. The van der Waals surface area contributed by atoms with E-state index in [1.807, 2.05) is 13.0 Å². The zero-order valence-electron chi connectivity index (χ0n) is 17.1. The highest BCUT2D eigenvalue weighted by atomic mass is 32.2. The molecule has 7 nitrogen and oxygen atoms in total. The molecule has 1 saturated heterocycles. The van der Waals surface area contributed by atoms with Crippen LogP contribution in [0.1, 0.15) is 57.1 Å². The molecule has 1 saturated carbocycles. The minimum Gasteiger partial charge on any atom is -0.469 e. The van der Waals surface area contributed by atoms with Crippen LogP contribution in [-0.2, 0) is 16.1 Å². The van der Waals surface area contributed by atoms with Crippen LogP contribution in [0.5, 0.6) is 0 Å². The number of amides is 1. The molecule has 2 aliphatic rings. The van der Waals surface area contributed by atoms with Crippen molar-refractivity contribution in [2.24, 2.45) is 0 Å². The van der Waals surface area contributed by atoms with Crippen molar-refractivity contribution in [3.05, 3.63) is 18.1 Å². The van der Waals surface area contributed by atoms with Crippen LogP contribution in [-0.4, -0.2) is 45.2 Å². The Morgan fingerprint density at radius 2 is 2.03 bits per heavy atom. The number of rotatable bonds is 7. The van der Waals surface area contributed by atoms with E-state index in [9.17, 15) is 4.79 Å².